The van der Waals surface area contributed by atoms with E-state index in [0.29, 0.717) is 46.2 Å². The number of phosphoric ester groups is 1. The van der Waals surface area contributed by atoms with Crippen molar-refractivity contribution in [2.24, 2.45) is 5.16 Å². The van der Waals surface area contributed by atoms with Crippen LogP contribution in [0.5, 0.6) is 5.75 Å². The molecule has 22 nitrogen and oxygen atoms in total. The molecule has 1 saturated heterocycles. The van der Waals surface area contributed by atoms with Crippen molar-refractivity contribution in [3.63, 3.8) is 0 Å². The number of phosphoric acid groups is 1. The predicted molar refractivity (Wildman–Crippen MR) is 274 cm³/mol. The Morgan fingerprint density at radius 3 is 2.01 bits per heavy atom. The van der Waals surface area contributed by atoms with E-state index >= 15 is 0 Å². The molecule has 1 spiro atoms. The lowest BCUT2D eigenvalue weighted by atomic mass is 9.84. The summed E-state index contributed by atoms with van der Waals surface area (Å²) < 4.78 is 76.8. The number of ether oxygens (including phenoxy) is 3. The molecule has 416 valence electrons. The fourth-order valence-electron chi connectivity index (χ4n) is 9.07. The number of benzene rings is 4. The Morgan fingerprint density at radius 1 is 0.823 bits per heavy atom. The number of hydrogen-bond acceptors (Lipinski definition) is 16. The molecule has 3 aliphatic heterocycles. The average Bonchev–Trinajstić information content (AvgIpc) is 4.04. The molecular formula is C54H55F2N6O16P. The zero-order valence-electron chi connectivity index (χ0n) is 42.8. The Labute approximate surface area is 450 Å². The van der Waals surface area contributed by atoms with Gasteiger partial charge in [0.2, 0.25) is 18.0 Å². The lowest BCUT2D eigenvalue weighted by Crippen LogP contribution is -2.53. The Morgan fingerprint density at radius 2 is 1.43 bits per heavy atom. The number of carbonyl (C=O) groups is 6. The van der Waals surface area contributed by atoms with Crippen LogP contribution in [-0.4, -0.2) is 117 Å². The van der Waals surface area contributed by atoms with Gasteiger partial charge in [0, 0.05) is 56.5 Å². The molecule has 4 amide bonds. The quantitative estimate of drug-likeness (QED) is 0.0390. The summed E-state index contributed by atoms with van der Waals surface area (Å²) in [5.41, 5.74) is -1.33. The first kappa shape index (κ1) is 56.9. The maximum Gasteiger partial charge on any atom is 0.478 e. The molecule has 3 atom stereocenters. The van der Waals surface area contributed by atoms with Gasteiger partial charge in [-0.2, -0.15) is 0 Å². The van der Waals surface area contributed by atoms with Crippen LogP contribution in [0.1, 0.15) is 82.3 Å². The summed E-state index contributed by atoms with van der Waals surface area (Å²) in [6.45, 7) is -2.25. The fraction of sp³-hybridized carbons (Fsp3) is 0.333. The van der Waals surface area contributed by atoms with Gasteiger partial charge in [0.25, 0.3) is 11.8 Å². The van der Waals surface area contributed by atoms with Crippen molar-refractivity contribution >= 4 is 49.5 Å². The molecule has 1 aromatic heterocycles. The number of rotatable bonds is 22. The third-order valence-electron chi connectivity index (χ3n) is 13.2. The Bertz CT molecular complexity index is 3160. The highest BCUT2D eigenvalue weighted by Crippen LogP contribution is 2.51. The molecule has 0 aliphatic carbocycles. The predicted octanol–water partition coefficient (Wildman–Crippen LogP) is 7.35. The second-order valence-electron chi connectivity index (χ2n) is 18.8. The smallest absolute Gasteiger partial charge is 0.478 e. The monoisotopic (exact) mass is 1110 g/mol. The first-order valence-electron chi connectivity index (χ1n) is 24.9. The Kier molecular flexibility index (Phi) is 18.3. The zero-order valence-corrected chi connectivity index (χ0v) is 43.7. The highest BCUT2D eigenvalue weighted by molar-refractivity contribution is 7.48. The van der Waals surface area contributed by atoms with Crippen molar-refractivity contribution in [2.45, 2.75) is 77.2 Å². The normalized spacial score (nSPS) is 17.4. The van der Waals surface area contributed by atoms with E-state index in [1.807, 2.05) is 0 Å². The molecule has 0 saturated carbocycles. The average molecular weight is 1110 g/mol. The van der Waals surface area contributed by atoms with Gasteiger partial charge in [-0.3, -0.25) is 42.8 Å². The molecule has 79 heavy (non-hydrogen) atoms. The number of halogens is 2. The topological polar surface area (TPSA) is 260 Å². The van der Waals surface area contributed by atoms with Crippen LogP contribution in [0.15, 0.2) is 125 Å². The number of pyridine rings is 1. The van der Waals surface area contributed by atoms with Crippen LogP contribution < -0.4 is 15.5 Å². The number of nitrogens with zero attached hydrogens (tertiary/aromatic N) is 5. The van der Waals surface area contributed by atoms with Crippen molar-refractivity contribution < 1.29 is 79.8 Å². The number of carbonyl (C=O) groups excluding carboxylic acids is 5. The lowest BCUT2D eigenvalue weighted by molar-refractivity contribution is -0.146. The Balaban J connectivity index is 1.06. The molecule has 0 radical (unpaired) electrons. The number of hydrogen-bond donors (Lipinski definition) is 2. The van der Waals surface area contributed by atoms with Gasteiger partial charge in [0.15, 0.2) is 11.3 Å². The van der Waals surface area contributed by atoms with E-state index < -0.39 is 135 Å². The van der Waals surface area contributed by atoms with Crippen LogP contribution in [0.4, 0.5) is 18.4 Å². The van der Waals surface area contributed by atoms with Gasteiger partial charge < -0.3 is 38.9 Å². The number of nitrogens with one attached hydrogen (secondary N) is 1. The summed E-state index contributed by atoms with van der Waals surface area (Å²) in [7, 11) is -4.52. The van der Waals surface area contributed by atoms with Crippen LogP contribution in [-0.2, 0) is 68.4 Å². The van der Waals surface area contributed by atoms with E-state index in [0.717, 1.165) is 23.2 Å². The maximum absolute atomic E-state index is 14.7. The summed E-state index contributed by atoms with van der Waals surface area (Å²) in [5.74, 6) is -7.34. The zero-order chi connectivity index (χ0) is 56.3. The molecule has 0 unspecified atom stereocenters. The van der Waals surface area contributed by atoms with Crippen molar-refractivity contribution in [1.29, 1.82) is 0 Å². The third kappa shape index (κ3) is 14.3. The molecule has 2 bridgehead atoms. The first-order chi connectivity index (χ1) is 37.9. The minimum Gasteiger partial charge on any atom is -0.480 e. The second kappa shape index (κ2) is 25.4. The standard InChI is InChI=1S/C54H55F2N6O16P/c1-35-25-54(78-58-35)21-20-36(2)61-28-44(54)62-27-42(50(67)57-26-40-18-19-41(55)24-43(40)56)48(66)49(47(62)51(61)68)77-53(70)59(29-45(63)64)22-23-60(30-46(65)72-31-37-12-6-3-7-13-37)52(69)73-34-76-79(71,74-32-38-14-8-4-9-15-38)75-33-39-16-10-5-11-17-39/h3-19,24,27,36,44H,20-23,25-26,28-34H2,1-2H3,(H,57,67)(H,63,64)/t36-,44+,54-/m0/s1. The highest BCUT2D eigenvalue weighted by Gasteiger charge is 2.54. The molecule has 1 fully saturated rings. The molecular weight excluding hydrogens is 1060 g/mol. The number of carboxylic acids is 1. The van der Waals surface area contributed by atoms with E-state index in [4.69, 9.17) is 32.6 Å². The largest absolute Gasteiger partial charge is 0.480 e. The molecule has 3 aliphatic rings. The fourth-order valence-corrected chi connectivity index (χ4v) is 10.1. The lowest BCUT2D eigenvalue weighted by Gasteiger charge is -2.42. The van der Waals surface area contributed by atoms with E-state index in [1.54, 1.807) is 105 Å². The number of carboxylic acid groups (broad SMARTS) is 1. The third-order valence-corrected chi connectivity index (χ3v) is 14.5. The van der Waals surface area contributed by atoms with Gasteiger partial charge in [0.05, 0.1) is 25.0 Å². The van der Waals surface area contributed by atoms with Crippen molar-refractivity contribution in [3.8, 4) is 5.75 Å². The number of aliphatic carboxylic acids is 1. The van der Waals surface area contributed by atoms with Crippen molar-refractivity contribution in [2.75, 3.05) is 39.5 Å². The maximum atomic E-state index is 14.7. The highest BCUT2D eigenvalue weighted by atomic mass is 31.2. The van der Waals surface area contributed by atoms with Gasteiger partial charge in [-0.1, -0.05) is 102 Å². The SMILES string of the molecule is CC1=NO[C@@]2(CC[C@H](C)N3C[C@H]2n2cc(C(=O)NCc4ccc(F)cc4F)c(=O)c(OC(=O)N(CCN(CC(=O)OCc4ccccc4)C(=O)OCOP(=O)(OCc4ccccc4)OCc4ccccc4)CC(=O)O)c2C3=O)C1. The van der Waals surface area contributed by atoms with Gasteiger partial charge in [-0.15, -0.1) is 0 Å². The molecule has 2 N–H and O–H groups in total. The van der Waals surface area contributed by atoms with Crippen LogP contribution in [0, 0.1) is 11.6 Å². The summed E-state index contributed by atoms with van der Waals surface area (Å²) in [5, 5.41) is 16.7. The number of esters is 1. The van der Waals surface area contributed by atoms with Crippen LogP contribution >= 0.6 is 7.82 Å². The van der Waals surface area contributed by atoms with E-state index in [9.17, 15) is 52.0 Å². The number of amides is 4. The number of aromatic nitrogens is 1. The molecule has 5 aromatic rings. The van der Waals surface area contributed by atoms with Crippen molar-refractivity contribution in [1.82, 2.24) is 24.6 Å². The number of oxime groups is 1. The minimum absolute atomic E-state index is 0.00276. The molecule has 25 heteroatoms. The van der Waals surface area contributed by atoms with Gasteiger partial charge in [-0.05, 0) is 49.4 Å². The van der Waals surface area contributed by atoms with E-state index in [1.165, 1.54) is 9.47 Å². The van der Waals surface area contributed by atoms with Crippen molar-refractivity contribution in [3.05, 3.63) is 171 Å². The molecule has 4 aromatic carbocycles. The van der Waals surface area contributed by atoms with E-state index in [-0.39, 0.29) is 38.3 Å². The van der Waals surface area contributed by atoms with Gasteiger partial charge >= 0.3 is 31.9 Å². The molecule has 8 rings (SSSR count). The van der Waals surface area contributed by atoms with Gasteiger partial charge in [0.1, 0.15) is 36.9 Å². The summed E-state index contributed by atoms with van der Waals surface area (Å²) in [6.07, 6.45) is -0.726. The molecule has 4 heterocycles. The summed E-state index contributed by atoms with van der Waals surface area (Å²) in [6, 6.07) is 27.1. The summed E-state index contributed by atoms with van der Waals surface area (Å²) in [4.78, 5) is 106. The second-order valence-corrected chi connectivity index (χ2v) is 20.4. The van der Waals surface area contributed by atoms with E-state index in [2.05, 4.69) is 10.5 Å². The van der Waals surface area contributed by atoms with Gasteiger partial charge in [-0.25, -0.2) is 27.5 Å². The summed E-state index contributed by atoms with van der Waals surface area (Å²) >= 11 is 0. The Hall–Kier alpha value is -8.31. The first-order valence-corrected chi connectivity index (χ1v) is 26.3. The van der Waals surface area contributed by atoms with Crippen LogP contribution in [0.3, 0.4) is 0 Å². The van der Waals surface area contributed by atoms with Crippen LogP contribution in [0.25, 0.3) is 0 Å². The number of fused-ring (bicyclic) bond motifs is 5. The minimum atomic E-state index is -4.52. The van der Waals surface area contributed by atoms with Crippen LogP contribution in [0.2, 0.25) is 0 Å².